The fraction of sp³-hybridized carbons (Fsp3) is 0.806. The fourth-order valence-electron chi connectivity index (χ4n) is 11.0. The Morgan fingerprint density at radius 1 is 1.23 bits per heavy atom. The molecule has 5 aliphatic carbocycles. The molecule has 40 heavy (non-hydrogen) atoms. The minimum absolute atomic E-state index is 0.0521. The Hall–Kier alpha value is -1.94. The van der Waals surface area contributed by atoms with Gasteiger partial charge in [0.25, 0.3) is 0 Å². The van der Waals surface area contributed by atoms with E-state index in [9.17, 15) is 20.1 Å². The molecule has 7 unspecified atom stereocenters. The molecule has 6 aliphatic rings. The van der Waals surface area contributed by atoms with Gasteiger partial charge in [-0.3, -0.25) is 4.99 Å². The number of nitrogens with one attached hydrogen (secondary N) is 1. The molecule has 4 saturated carbocycles. The molecule has 6 rings (SSSR count). The summed E-state index contributed by atoms with van der Waals surface area (Å²) in [6.45, 7) is 4.26. The summed E-state index contributed by atoms with van der Waals surface area (Å²) in [5.74, 6) is -0.298. The van der Waals surface area contributed by atoms with Crippen LogP contribution in [0.1, 0.15) is 71.1 Å². The lowest BCUT2D eigenvalue weighted by Crippen LogP contribution is -2.72. The second-order valence-electron chi connectivity index (χ2n) is 13.5. The molecule has 0 saturated heterocycles. The fourth-order valence-corrected chi connectivity index (χ4v) is 11.0. The van der Waals surface area contributed by atoms with Crippen molar-refractivity contribution in [3.05, 3.63) is 23.4 Å². The Morgan fingerprint density at radius 2 is 2.00 bits per heavy atom. The van der Waals surface area contributed by atoms with Crippen LogP contribution in [0.25, 0.3) is 0 Å². The number of nitrogens with two attached hydrogens (primary N) is 1. The van der Waals surface area contributed by atoms with Gasteiger partial charge in [-0.15, -0.1) is 0 Å². The molecule has 222 valence electrons. The standard InChI is InChI=1S/C31H48N4O5/c1-20-8-9-21-16-23-25(26(37)38)29(39,19-40-22-6-4-3-5-7-22)24-10-11-28(17-34-13-15-36)12-14-35(27(32)33-2)18-30(21,28)31(20,23)24/h12,14,20-22,24,34,36,39H,3-11,13,15-19H2,1-2H3,(H2,32,33)(H,37,38). The van der Waals surface area contributed by atoms with E-state index in [0.717, 1.165) is 56.9 Å². The Kier molecular flexibility index (Phi) is 7.12. The van der Waals surface area contributed by atoms with Crippen molar-refractivity contribution in [3.63, 3.8) is 0 Å². The number of hydrogen-bond donors (Lipinski definition) is 5. The van der Waals surface area contributed by atoms with E-state index in [-0.39, 0.29) is 53.5 Å². The van der Waals surface area contributed by atoms with Gasteiger partial charge >= 0.3 is 5.97 Å². The number of carboxylic acids is 1. The van der Waals surface area contributed by atoms with E-state index in [0.29, 0.717) is 32.0 Å². The summed E-state index contributed by atoms with van der Waals surface area (Å²) in [6, 6.07) is 0. The van der Waals surface area contributed by atoms with Gasteiger partial charge in [-0.2, -0.15) is 0 Å². The lowest BCUT2D eigenvalue weighted by Gasteiger charge is -2.70. The zero-order chi connectivity index (χ0) is 28.3. The highest BCUT2D eigenvalue weighted by Crippen LogP contribution is 2.84. The van der Waals surface area contributed by atoms with Crippen LogP contribution in [-0.4, -0.2) is 83.7 Å². The van der Waals surface area contributed by atoms with E-state index in [1.54, 1.807) is 7.05 Å². The summed E-state index contributed by atoms with van der Waals surface area (Å²) in [7, 11) is 1.70. The Labute approximate surface area is 237 Å². The summed E-state index contributed by atoms with van der Waals surface area (Å²) in [5.41, 5.74) is 5.04. The number of rotatable bonds is 8. The monoisotopic (exact) mass is 556 g/mol. The largest absolute Gasteiger partial charge is 0.478 e. The van der Waals surface area contributed by atoms with Gasteiger partial charge in [0.2, 0.25) is 0 Å². The van der Waals surface area contributed by atoms with Crippen molar-refractivity contribution in [1.82, 2.24) is 10.2 Å². The number of hydrogen-bond acceptors (Lipinski definition) is 6. The molecule has 4 fully saturated rings. The zero-order valence-electron chi connectivity index (χ0n) is 24.2. The third-order valence-corrected chi connectivity index (χ3v) is 12.3. The topological polar surface area (TPSA) is 141 Å². The zero-order valence-corrected chi connectivity index (χ0v) is 24.2. The van der Waals surface area contributed by atoms with E-state index in [2.05, 4.69) is 34.4 Å². The van der Waals surface area contributed by atoms with Crippen molar-refractivity contribution < 1.29 is 24.9 Å². The summed E-state index contributed by atoms with van der Waals surface area (Å²) < 4.78 is 6.44. The average molecular weight is 557 g/mol. The van der Waals surface area contributed by atoms with Crippen LogP contribution < -0.4 is 11.1 Å². The first kappa shape index (κ1) is 28.2. The number of aliphatic hydroxyl groups excluding tert-OH is 1. The van der Waals surface area contributed by atoms with Crippen molar-refractivity contribution in [1.29, 1.82) is 0 Å². The molecular weight excluding hydrogens is 508 g/mol. The number of aliphatic imine (C=N–C) groups is 1. The average Bonchev–Trinajstić information content (AvgIpc) is 3.30. The van der Waals surface area contributed by atoms with Crippen LogP contribution in [0.2, 0.25) is 0 Å². The van der Waals surface area contributed by atoms with Crippen LogP contribution in [0.5, 0.6) is 0 Å². The Morgan fingerprint density at radius 3 is 2.70 bits per heavy atom. The molecule has 6 N–H and O–H groups in total. The van der Waals surface area contributed by atoms with Crippen LogP contribution in [0.15, 0.2) is 28.4 Å². The van der Waals surface area contributed by atoms with Gasteiger partial charge in [0.1, 0.15) is 5.60 Å². The molecule has 2 spiro atoms. The van der Waals surface area contributed by atoms with Gasteiger partial charge in [0, 0.05) is 55.0 Å². The van der Waals surface area contributed by atoms with Gasteiger partial charge in [-0.1, -0.05) is 32.3 Å². The summed E-state index contributed by atoms with van der Waals surface area (Å²) in [6.07, 6.45) is 14.2. The molecule has 0 aromatic rings. The number of aliphatic carboxylic acids is 1. The Balaban J connectivity index is 1.52. The van der Waals surface area contributed by atoms with E-state index >= 15 is 0 Å². The normalized spacial score (nSPS) is 42.8. The van der Waals surface area contributed by atoms with Crippen molar-refractivity contribution in [2.45, 2.75) is 82.8 Å². The molecule has 2 bridgehead atoms. The third kappa shape index (κ3) is 3.53. The highest BCUT2D eigenvalue weighted by molar-refractivity contribution is 5.92. The summed E-state index contributed by atoms with van der Waals surface area (Å²) >= 11 is 0. The number of ether oxygens (including phenoxy) is 1. The van der Waals surface area contributed by atoms with E-state index in [1.807, 2.05) is 0 Å². The predicted molar refractivity (Wildman–Crippen MR) is 152 cm³/mol. The van der Waals surface area contributed by atoms with E-state index in [4.69, 9.17) is 10.5 Å². The molecule has 0 aromatic carbocycles. The minimum atomic E-state index is -1.52. The van der Waals surface area contributed by atoms with Crippen LogP contribution in [0, 0.1) is 34.0 Å². The third-order valence-electron chi connectivity index (χ3n) is 12.3. The highest BCUT2D eigenvalue weighted by atomic mass is 16.5. The lowest BCUT2D eigenvalue weighted by molar-refractivity contribution is -0.221. The molecule has 1 heterocycles. The van der Waals surface area contributed by atoms with Crippen molar-refractivity contribution in [2.75, 3.05) is 39.9 Å². The number of guanidine groups is 1. The number of carboxylic acid groups (broad SMARTS) is 1. The lowest BCUT2D eigenvalue weighted by atomic mass is 9.35. The molecular formula is C31H48N4O5. The maximum absolute atomic E-state index is 13.2. The van der Waals surface area contributed by atoms with Gasteiger partial charge in [0.05, 0.1) is 24.9 Å². The molecule has 9 nitrogen and oxygen atoms in total. The Bertz CT molecular complexity index is 1120. The second-order valence-corrected chi connectivity index (χ2v) is 13.5. The first-order valence-corrected chi connectivity index (χ1v) is 15.5. The molecule has 1 aliphatic heterocycles. The maximum Gasteiger partial charge on any atom is 0.334 e. The summed E-state index contributed by atoms with van der Waals surface area (Å²) in [5, 5.41) is 36.6. The number of carbonyl (C=O) groups is 1. The van der Waals surface area contributed by atoms with Crippen molar-refractivity contribution >= 4 is 11.9 Å². The number of aliphatic hydroxyl groups is 2. The van der Waals surface area contributed by atoms with E-state index in [1.165, 1.54) is 6.42 Å². The number of nitrogens with zero attached hydrogens (tertiary/aromatic N) is 2. The van der Waals surface area contributed by atoms with Crippen LogP contribution >= 0.6 is 0 Å². The maximum atomic E-state index is 13.2. The second kappa shape index (κ2) is 10.1. The SMILES string of the molecule is CN=C(N)N1C=CC2(CNCCO)CCC3C(O)(COC4CCCCC4)C(C(=O)O)=C4CC5CCC(C)C43C52C1. The molecule has 0 amide bonds. The molecule has 0 radical (unpaired) electrons. The molecule has 9 heteroatoms. The quantitative estimate of drug-likeness (QED) is 0.175. The van der Waals surface area contributed by atoms with Gasteiger partial charge in [-0.05, 0) is 62.4 Å². The molecule has 0 aromatic heterocycles. The minimum Gasteiger partial charge on any atom is -0.478 e. The number of allylic oxidation sites excluding steroid dienone is 1. The predicted octanol–water partition coefficient (Wildman–Crippen LogP) is 2.64. The van der Waals surface area contributed by atoms with Crippen molar-refractivity contribution in [2.24, 2.45) is 44.7 Å². The summed E-state index contributed by atoms with van der Waals surface area (Å²) in [4.78, 5) is 19.6. The first-order valence-electron chi connectivity index (χ1n) is 15.5. The van der Waals surface area contributed by atoms with Crippen LogP contribution in [0.3, 0.4) is 0 Å². The van der Waals surface area contributed by atoms with Crippen LogP contribution in [-0.2, 0) is 9.53 Å². The van der Waals surface area contributed by atoms with Gasteiger partial charge in [0.15, 0.2) is 5.96 Å². The van der Waals surface area contributed by atoms with Gasteiger partial charge < -0.3 is 36.0 Å². The van der Waals surface area contributed by atoms with E-state index < -0.39 is 17.0 Å². The van der Waals surface area contributed by atoms with Crippen molar-refractivity contribution in [3.8, 4) is 0 Å². The first-order chi connectivity index (χ1) is 19.2. The highest BCUT2D eigenvalue weighted by Gasteiger charge is 2.83. The smallest absolute Gasteiger partial charge is 0.334 e. The van der Waals surface area contributed by atoms with Gasteiger partial charge in [-0.25, -0.2) is 4.79 Å². The van der Waals surface area contributed by atoms with Crippen LogP contribution in [0.4, 0.5) is 0 Å². The molecule has 7 atom stereocenters.